The van der Waals surface area contributed by atoms with Crippen molar-refractivity contribution in [2.75, 3.05) is 0 Å². The summed E-state index contributed by atoms with van der Waals surface area (Å²) in [6.45, 7) is 4.13. The van der Waals surface area contributed by atoms with E-state index in [1.54, 1.807) is 12.1 Å². The maximum Gasteiger partial charge on any atom is 0.210 e. The van der Waals surface area contributed by atoms with Gasteiger partial charge in [-0.3, -0.25) is 9.59 Å². The zero-order chi connectivity index (χ0) is 15.1. The zero-order valence-corrected chi connectivity index (χ0v) is 12.7. The van der Waals surface area contributed by atoms with Crippen molar-refractivity contribution in [2.45, 2.75) is 33.1 Å². The summed E-state index contributed by atoms with van der Waals surface area (Å²) in [6, 6.07) is 7.12. The molecule has 0 saturated heterocycles. The fraction of sp³-hybridized carbons (Fsp3) is 0.333. The molecule has 0 fully saturated rings. The number of carbonyl (C=O) groups is 2. The van der Waals surface area contributed by atoms with Crippen molar-refractivity contribution in [2.24, 2.45) is 7.05 Å². The van der Waals surface area contributed by atoms with Crippen LogP contribution in [0.15, 0.2) is 24.3 Å². The molecule has 0 radical (unpaired) electrons. The molecule has 2 aromatic rings. The van der Waals surface area contributed by atoms with Crippen molar-refractivity contribution >= 4 is 11.6 Å². The topological polar surface area (TPSA) is 39.1 Å². The van der Waals surface area contributed by atoms with Crippen molar-refractivity contribution in [3.05, 3.63) is 57.9 Å². The predicted octanol–water partition coefficient (Wildman–Crippen LogP) is 3.45. The van der Waals surface area contributed by atoms with Crippen LogP contribution in [0, 0.1) is 6.92 Å². The zero-order valence-electron chi connectivity index (χ0n) is 12.7. The van der Waals surface area contributed by atoms with E-state index in [1.165, 1.54) is 0 Å². The Balaban J connectivity index is 2.25. The van der Waals surface area contributed by atoms with Gasteiger partial charge in [0.2, 0.25) is 5.78 Å². The van der Waals surface area contributed by atoms with E-state index in [-0.39, 0.29) is 11.6 Å². The third kappa shape index (κ3) is 1.88. The van der Waals surface area contributed by atoms with Crippen LogP contribution >= 0.6 is 0 Å². The van der Waals surface area contributed by atoms with E-state index in [0.29, 0.717) is 22.4 Å². The maximum absolute atomic E-state index is 12.8. The van der Waals surface area contributed by atoms with Gasteiger partial charge < -0.3 is 4.57 Å². The SMILES string of the molecule is CCCCc1c2c(n(C)c1C)C(=O)c1ccccc1C2=O. The van der Waals surface area contributed by atoms with Gasteiger partial charge in [0.05, 0.1) is 5.56 Å². The van der Waals surface area contributed by atoms with E-state index in [4.69, 9.17) is 0 Å². The van der Waals surface area contributed by atoms with Crippen molar-refractivity contribution in [1.29, 1.82) is 0 Å². The highest BCUT2D eigenvalue weighted by atomic mass is 16.1. The molecule has 108 valence electrons. The average molecular weight is 281 g/mol. The Morgan fingerprint density at radius 1 is 1.05 bits per heavy atom. The molecule has 0 amide bonds. The number of hydrogen-bond acceptors (Lipinski definition) is 2. The monoisotopic (exact) mass is 281 g/mol. The van der Waals surface area contributed by atoms with Gasteiger partial charge in [0.15, 0.2) is 5.78 Å². The minimum Gasteiger partial charge on any atom is -0.344 e. The van der Waals surface area contributed by atoms with Crippen molar-refractivity contribution < 1.29 is 9.59 Å². The number of ketones is 2. The van der Waals surface area contributed by atoms with E-state index >= 15 is 0 Å². The van der Waals surface area contributed by atoms with Crippen LogP contribution in [0.3, 0.4) is 0 Å². The summed E-state index contributed by atoms with van der Waals surface area (Å²) < 4.78 is 1.89. The summed E-state index contributed by atoms with van der Waals surface area (Å²) in [6.07, 6.45) is 2.95. The molecule has 0 aliphatic heterocycles. The quantitative estimate of drug-likeness (QED) is 0.737. The summed E-state index contributed by atoms with van der Waals surface area (Å²) in [5.74, 6) is -0.0384. The van der Waals surface area contributed by atoms with Crippen LogP contribution in [0.4, 0.5) is 0 Å². The number of rotatable bonds is 3. The fourth-order valence-corrected chi connectivity index (χ4v) is 3.17. The summed E-state index contributed by atoms with van der Waals surface area (Å²) in [5.41, 5.74) is 4.33. The summed E-state index contributed by atoms with van der Waals surface area (Å²) in [5, 5.41) is 0. The minimum atomic E-state index is -0.0338. The summed E-state index contributed by atoms with van der Waals surface area (Å²) >= 11 is 0. The highest BCUT2D eigenvalue weighted by Gasteiger charge is 2.35. The molecule has 0 N–H and O–H groups in total. The van der Waals surface area contributed by atoms with Crippen molar-refractivity contribution in [3.63, 3.8) is 0 Å². The Bertz CT molecular complexity index is 753. The number of hydrogen-bond donors (Lipinski definition) is 0. The van der Waals surface area contributed by atoms with E-state index in [2.05, 4.69) is 6.92 Å². The lowest BCUT2D eigenvalue weighted by atomic mass is 9.85. The molecule has 3 heteroatoms. The first kappa shape index (κ1) is 13.8. The van der Waals surface area contributed by atoms with Gasteiger partial charge >= 0.3 is 0 Å². The number of aromatic nitrogens is 1. The molecule has 0 bridgehead atoms. The van der Waals surface area contributed by atoms with Gasteiger partial charge in [0.1, 0.15) is 5.69 Å². The molecule has 1 heterocycles. The van der Waals surface area contributed by atoms with E-state index < -0.39 is 0 Å². The number of unbranched alkanes of at least 4 members (excludes halogenated alkanes) is 1. The molecule has 0 saturated carbocycles. The van der Waals surface area contributed by atoms with Crippen LogP contribution < -0.4 is 0 Å². The standard InChI is InChI=1S/C18H19NO2/c1-4-5-8-12-11(2)19(3)16-15(12)17(20)13-9-6-7-10-14(13)18(16)21/h6-7,9-10H,4-5,8H2,1-3H3. The van der Waals surface area contributed by atoms with E-state index in [0.717, 1.165) is 30.5 Å². The van der Waals surface area contributed by atoms with Gasteiger partial charge in [-0.15, -0.1) is 0 Å². The smallest absolute Gasteiger partial charge is 0.210 e. The second-order valence-electron chi connectivity index (χ2n) is 5.65. The fourth-order valence-electron chi connectivity index (χ4n) is 3.17. The highest BCUT2D eigenvalue weighted by molar-refractivity contribution is 6.28. The van der Waals surface area contributed by atoms with E-state index in [9.17, 15) is 9.59 Å². The molecule has 21 heavy (non-hydrogen) atoms. The molecule has 0 atom stereocenters. The Hall–Kier alpha value is -2.16. The normalized spacial score (nSPS) is 13.3. The predicted molar refractivity (Wildman–Crippen MR) is 82.1 cm³/mol. The minimum absolute atomic E-state index is 0.00463. The largest absolute Gasteiger partial charge is 0.344 e. The van der Waals surface area contributed by atoms with Gasteiger partial charge in [0, 0.05) is 23.9 Å². The number of carbonyl (C=O) groups excluding carboxylic acids is 2. The van der Waals surface area contributed by atoms with Crippen LogP contribution in [0.1, 0.15) is 63.0 Å². The molecule has 0 spiro atoms. The Morgan fingerprint density at radius 3 is 2.29 bits per heavy atom. The molecular formula is C18H19NO2. The number of benzene rings is 1. The van der Waals surface area contributed by atoms with Gasteiger partial charge in [-0.05, 0) is 25.3 Å². The van der Waals surface area contributed by atoms with Crippen LogP contribution in [0.5, 0.6) is 0 Å². The molecule has 1 aromatic carbocycles. The van der Waals surface area contributed by atoms with Gasteiger partial charge in [0.25, 0.3) is 0 Å². The van der Waals surface area contributed by atoms with Crippen LogP contribution in [0.2, 0.25) is 0 Å². The van der Waals surface area contributed by atoms with Gasteiger partial charge in [-0.25, -0.2) is 0 Å². The first-order valence-corrected chi connectivity index (χ1v) is 7.44. The Kier molecular flexibility index (Phi) is 3.28. The van der Waals surface area contributed by atoms with Crippen LogP contribution in [-0.4, -0.2) is 16.1 Å². The molecule has 1 aliphatic carbocycles. The molecule has 3 rings (SSSR count). The second-order valence-corrected chi connectivity index (χ2v) is 5.65. The van der Waals surface area contributed by atoms with Gasteiger partial charge in [-0.2, -0.15) is 0 Å². The molecule has 3 nitrogen and oxygen atoms in total. The second kappa shape index (κ2) is 4.99. The number of fused-ring (bicyclic) bond motifs is 2. The maximum atomic E-state index is 12.8. The average Bonchev–Trinajstić information content (AvgIpc) is 2.75. The molecule has 1 aliphatic rings. The lowest BCUT2D eigenvalue weighted by molar-refractivity contribution is 0.0973. The van der Waals surface area contributed by atoms with Gasteiger partial charge in [-0.1, -0.05) is 37.6 Å². The summed E-state index contributed by atoms with van der Waals surface area (Å²) in [4.78, 5) is 25.6. The summed E-state index contributed by atoms with van der Waals surface area (Å²) in [7, 11) is 1.88. The highest BCUT2D eigenvalue weighted by Crippen LogP contribution is 2.33. The van der Waals surface area contributed by atoms with Crippen LogP contribution in [-0.2, 0) is 13.5 Å². The lowest BCUT2D eigenvalue weighted by Gasteiger charge is -2.16. The lowest BCUT2D eigenvalue weighted by Crippen LogP contribution is -2.22. The molecular weight excluding hydrogens is 262 g/mol. The van der Waals surface area contributed by atoms with Crippen LogP contribution in [0.25, 0.3) is 0 Å². The number of nitrogens with zero attached hydrogens (tertiary/aromatic N) is 1. The van der Waals surface area contributed by atoms with Crippen molar-refractivity contribution in [3.8, 4) is 0 Å². The van der Waals surface area contributed by atoms with Crippen molar-refractivity contribution in [1.82, 2.24) is 4.57 Å². The Labute approximate surface area is 124 Å². The molecule has 0 unspecified atom stereocenters. The molecule has 1 aromatic heterocycles. The Morgan fingerprint density at radius 2 is 1.67 bits per heavy atom. The first-order chi connectivity index (χ1) is 10.1. The van der Waals surface area contributed by atoms with E-state index in [1.807, 2.05) is 30.7 Å². The third-order valence-corrected chi connectivity index (χ3v) is 4.45. The third-order valence-electron chi connectivity index (χ3n) is 4.45. The first-order valence-electron chi connectivity index (χ1n) is 7.44.